The zero-order valence-corrected chi connectivity index (χ0v) is 19.7. The quantitative estimate of drug-likeness (QED) is 0.174. The van der Waals surface area contributed by atoms with E-state index in [4.69, 9.17) is 4.74 Å². The molecule has 0 aliphatic heterocycles. The van der Waals surface area contributed by atoms with Crippen LogP contribution in [-0.2, 0) is 25.5 Å². The van der Waals surface area contributed by atoms with Crippen LogP contribution < -0.4 is 10.8 Å². The van der Waals surface area contributed by atoms with Crippen molar-refractivity contribution in [3.8, 4) is 0 Å². The molecule has 0 fully saturated rings. The molecule has 0 aromatic heterocycles. The van der Waals surface area contributed by atoms with Gasteiger partial charge in [-0.3, -0.25) is 14.8 Å². The van der Waals surface area contributed by atoms with E-state index in [0.29, 0.717) is 19.3 Å². The SMILES string of the molecule is C=CC[C@H](C(=O)NO)[C@@H](CC(C)C)C(=O)NC(Cc1ccccc1)C(=O)OC(CC)CC. The highest BCUT2D eigenvalue weighted by Gasteiger charge is 2.36. The number of amides is 2. The molecule has 0 radical (unpaired) electrons. The standard InChI is InChI=1S/C25H38N2O5/c1-6-12-20(24(29)27-31)21(15-17(4)5)23(28)26-22(16-18-13-10-9-11-14-18)25(30)32-19(7-2)8-3/h6,9-11,13-14,17,19-22,31H,1,7-8,12,15-16H2,2-5H3,(H,26,28)(H,27,29)/t20-,21+,22?/m0/s1. The van der Waals surface area contributed by atoms with Crippen LogP contribution in [0.1, 0.15) is 58.9 Å². The fraction of sp³-hybridized carbons (Fsp3) is 0.560. The Morgan fingerprint density at radius 3 is 2.19 bits per heavy atom. The molecule has 0 aliphatic rings. The third-order valence-electron chi connectivity index (χ3n) is 5.49. The van der Waals surface area contributed by atoms with E-state index in [0.717, 1.165) is 5.56 Å². The monoisotopic (exact) mass is 446 g/mol. The number of rotatable bonds is 14. The van der Waals surface area contributed by atoms with Crippen molar-refractivity contribution in [2.24, 2.45) is 17.8 Å². The first-order valence-corrected chi connectivity index (χ1v) is 11.4. The lowest BCUT2D eigenvalue weighted by molar-refractivity contribution is -0.154. The third-order valence-corrected chi connectivity index (χ3v) is 5.49. The summed E-state index contributed by atoms with van der Waals surface area (Å²) in [6.45, 7) is 11.5. The molecule has 1 aromatic carbocycles. The summed E-state index contributed by atoms with van der Waals surface area (Å²) >= 11 is 0. The average Bonchev–Trinajstić information content (AvgIpc) is 2.78. The van der Waals surface area contributed by atoms with E-state index in [1.54, 1.807) is 11.6 Å². The van der Waals surface area contributed by atoms with Gasteiger partial charge in [0.05, 0.1) is 11.8 Å². The Kier molecular flexibility index (Phi) is 12.3. The molecule has 0 saturated carbocycles. The van der Waals surface area contributed by atoms with Crippen molar-refractivity contribution in [3.05, 3.63) is 48.6 Å². The number of carbonyl (C=O) groups excluding carboxylic acids is 3. The van der Waals surface area contributed by atoms with Crippen molar-refractivity contribution < 1.29 is 24.3 Å². The Morgan fingerprint density at radius 1 is 1.06 bits per heavy atom. The van der Waals surface area contributed by atoms with E-state index >= 15 is 0 Å². The molecule has 0 aliphatic carbocycles. The fourth-order valence-electron chi connectivity index (χ4n) is 3.70. The number of hydroxylamine groups is 1. The second-order valence-electron chi connectivity index (χ2n) is 8.47. The second-order valence-corrected chi connectivity index (χ2v) is 8.47. The maximum atomic E-state index is 13.3. The summed E-state index contributed by atoms with van der Waals surface area (Å²) in [5, 5.41) is 12.0. The Morgan fingerprint density at radius 2 is 1.69 bits per heavy atom. The zero-order valence-electron chi connectivity index (χ0n) is 19.7. The van der Waals surface area contributed by atoms with Gasteiger partial charge in [-0.05, 0) is 37.2 Å². The van der Waals surface area contributed by atoms with Crippen LogP contribution in [0.3, 0.4) is 0 Å². The van der Waals surface area contributed by atoms with E-state index in [9.17, 15) is 19.6 Å². The predicted octanol–water partition coefficient (Wildman–Crippen LogP) is 3.81. The Balaban J connectivity index is 3.17. The lowest BCUT2D eigenvalue weighted by atomic mass is 9.82. The minimum Gasteiger partial charge on any atom is -0.461 e. The zero-order chi connectivity index (χ0) is 24.1. The molecular weight excluding hydrogens is 408 g/mol. The summed E-state index contributed by atoms with van der Waals surface area (Å²) in [6.07, 6.45) is 3.60. The first-order chi connectivity index (χ1) is 15.3. The van der Waals surface area contributed by atoms with Gasteiger partial charge in [-0.15, -0.1) is 6.58 Å². The van der Waals surface area contributed by atoms with E-state index in [1.165, 1.54) is 0 Å². The number of esters is 1. The first kappa shape index (κ1) is 27.4. The third kappa shape index (κ3) is 8.83. The molecule has 2 amide bonds. The summed E-state index contributed by atoms with van der Waals surface area (Å²) in [7, 11) is 0. The average molecular weight is 447 g/mol. The van der Waals surface area contributed by atoms with Crippen molar-refractivity contribution in [2.75, 3.05) is 0 Å². The Hall–Kier alpha value is -2.67. The summed E-state index contributed by atoms with van der Waals surface area (Å²) in [5.74, 6) is -2.98. The molecule has 0 bridgehead atoms. The van der Waals surface area contributed by atoms with Gasteiger partial charge in [0.2, 0.25) is 11.8 Å². The minimum atomic E-state index is -0.887. The maximum absolute atomic E-state index is 13.3. The van der Waals surface area contributed by atoms with Crippen molar-refractivity contribution >= 4 is 17.8 Å². The minimum absolute atomic E-state index is 0.119. The van der Waals surface area contributed by atoms with Gasteiger partial charge in [-0.1, -0.05) is 64.1 Å². The Labute approximate surface area is 191 Å². The lowest BCUT2D eigenvalue weighted by Crippen LogP contribution is -2.49. The van der Waals surface area contributed by atoms with E-state index in [2.05, 4.69) is 11.9 Å². The number of benzene rings is 1. The van der Waals surface area contributed by atoms with E-state index in [-0.39, 0.29) is 24.9 Å². The summed E-state index contributed by atoms with van der Waals surface area (Å²) < 4.78 is 5.63. The van der Waals surface area contributed by atoms with Crippen LogP contribution in [-0.4, -0.2) is 35.1 Å². The highest BCUT2D eigenvalue weighted by Crippen LogP contribution is 2.25. The maximum Gasteiger partial charge on any atom is 0.329 e. The molecule has 3 N–H and O–H groups in total. The number of nitrogens with one attached hydrogen (secondary N) is 2. The first-order valence-electron chi connectivity index (χ1n) is 11.4. The van der Waals surface area contributed by atoms with Crippen molar-refractivity contribution in [3.63, 3.8) is 0 Å². The molecule has 1 rings (SSSR count). The molecule has 1 aromatic rings. The van der Waals surface area contributed by atoms with Gasteiger partial charge in [-0.2, -0.15) is 0 Å². The van der Waals surface area contributed by atoms with Crippen molar-refractivity contribution in [2.45, 2.75) is 71.9 Å². The second kappa shape index (κ2) is 14.4. The number of hydrogen-bond acceptors (Lipinski definition) is 5. The molecule has 0 heterocycles. The van der Waals surface area contributed by atoms with Gasteiger partial charge in [-0.25, -0.2) is 10.3 Å². The topological polar surface area (TPSA) is 105 Å². The fourth-order valence-corrected chi connectivity index (χ4v) is 3.70. The molecule has 178 valence electrons. The molecule has 1 unspecified atom stereocenters. The van der Waals surface area contributed by atoms with Crippen molar-refractivity contribution in [1.82, 2.24) is 10.8 Å². The number of carbonyl (C=O) groups is 3. The van der Waals surface area contributed by atoms with Gasteiger partial charge in [0.15, 0.2) is 0 Å². The van der Waals surface area contributed by atoms with Gasteiger partial charge < -0.3 is 10.1 Å². The van der Waals surface area contributed by atoms with Gasteiger partial charge in [0, 0.05) is 6.42 Å². The van der Waals surface area contributed by atoms with E-state index in [1.807, 2.05) is 58.0 Å². The Bertz CT molecular complexity index is 731. The summed E-state index contributed by atoms with van der Waals surface area (Å²) in [5.41, 5.74) is 2.54. The molecule has 7 heteroatoms. The van der Waals surface area contributed by atoms with Gasteiger partial charge >= 0.3 is 5.97 Å². The van der Waals surface area contributed by atoms with Gasteiger partial charge in [0.25, 0.3) is 0 Å². The molecule has 0 spiro atoms. The highest BCUT2D eigenvalue weighted by molar-refractivity contribution is 5.90. The predicted molar refractivity (Wildman–Crippen MR) is 124 cm³/mol. The molecule has 0 saturated heterocycles. The molecule has 32 heavy (non-hydrogen) atoms. The van der Waals surface area contributed by atoms with Crippen molar-refractivity contribution in [1.29, 1.82) is 0 Å². The highest BCUT2D eigenvalue weighted by atomic mass is 16.5. The van der Waals surface area contributed by atoms with Crippen LogP contribution in [0.2, 0.25) is 0 Å². The van der Waals surface area contributed by atoms with Gasteiger partial charge in [0.1, 0.15) is 12.1 Å². The van der Waals surface area contributed by atoms with Crippen LogP contribution in [0.5, 0.6) is 0 Å². The summed E-state index contributed by atoms with van der Waals surface area (Å²) in [4.78, 5) is 38.6. The van der Waals surface area contributed by atoms with Crippen LogP contribution in [0.15, 0.2) is 43.0 Å². The molecule has 7 nitrogen and oxygen atoms in total. The molecule has 3 atom stereocenters. The smallest absolute Gasteiger partial charge is 0.329 e. The largest absolute Gasteiger partial charge is 0.461 e. The van der Waals surface area contributed by atoms with Crippen LogP contribution in [0.25, 0.3) is 0 Å². The number of hydrogen-bond donors (Lipinski definition) is 3. The summed E-state index contributed by atoms with van der Waals surface area (Å²) in [6, 6.07) is 8.50. The molecular formula is C25H38N2O5. The normalized spacial score (nSPS) is 13.8. The van der Waals surface area contributed by atoms with Crippen LogP contribution in [0, 0.1) is 17.8 Å². The van der Waals surface area contributed by atoms with E-state index < -0.39 is 35.7 Å². The number of ether oxygens (including phenoxy) is 1. The number of allylic oxidation sites excluding steroid dienone is 1. The lowest BCUT2D eigenvalue weighted by Gasteiger charge is -2.28. The van der Waals surface area contributed by atoms with Crippen LogP contribution in [0.4, 0.5) is 0 Å². The van der Waals surface area contributed by atoms with Crippen LogP contribution >= 0.6 is 0 Å².